The molecule has 1 fully saturated rings. The largest absolute Gasteiger partial charge is 0.474 e. The Balaban J connectivity index is 1.59. The number of hydrogen-bond donors (Lipinski definition) is 1. The second kappa shape index (κ2) is 6.60. The fourth-order valence-electron chi connectivity index (χ4n) is 2.61. The van der Waals surface area contributed by atoms with E-state index in [1.54, 1.807) is 29.3 Å². The van der Waals surface area contributed by atoms with Gasteiger partial charge in [0.25, 0.3) is 11.5 Å². The molecule has 7 heteroatoms. The van der Waals surface area contributed by atoms with Crippen molar-refractivity contribution in [2.45, 2.75) is 25.9 Å². The van der Waals surface area contributed by atoms with E-state index < -0.39 is 0 Å². The number of nitrogens with one attached hydrogen (secondary N) is 1. The Bertz CT molecular complexity index is 751. The van der Waals surface area contributed by atoms with Gasteiger partial charge in [0.1, 0.15) is 17.5 Å². The second-order valence-electron chi connectivity index (χ2n) is 5.46. The van der Waals surface area contributed by atoms with Crippen molar-refractivity contribution in [2.24, 2.45) is 0 Å². The highest BCUT2D eigenvalue weighted by atomic mass is 16.5. The highest BCUT2D eigenvalue weighted by molar-refractivity contribution is 5.93. The fraction of sp³-hybridized carbons (Fsp3) is 0.375. The monoisotopic (exact) mass is 314 g/mol. The summed E-state index contributed by atoms with van der Waals surface area (Å²) in [5.74, 6) is 0.989. The number of carbonyl (C=O) groups is 1. The maximum Gasteiger partial charge on any atom is 0.260 e. The number of hydrogen-bond acceptors (Lipinski definition) is 5. The number of pyridine rings is 1. The van der Waals surface area contributed by atoms with Gasteiger partial charge in [-0.05, 0) is 19.1 Å². The summed E-state index contributed by atoms with van der Waals surface area (Å²) in [4.78, 5) is 36.5. The minimum Gasteiger partial charge on any atom is -0.474 e. The van der Waals surface area contributed by atoms with Crippen LogP contribution in [0, 0.1) is 6.92 Å². The van der Waals surface area contributed by atoms with Crippen LogP contribution in [0.5, 0.6) is 5.88 Å². The van der Waals surface area contributed by atoms with Crippen molar-refractivity contribution in [3.8, 4) is 5.88 Å². The van der Waals surface area contributed by atoms with Crippen LogP contribution in [0.4, 0.5) is 0 Å². The predicted molar refractivity (Wildman–Crippen MR) is 83.4 cm³/mol. The summed E-state index contributed by atoms with van der Waals surface area (Å²) in [6.45, 7) is 2.93. The molecule has 1 aliphatic heterocycles. The molecule has 0 aliphatic carbocycles. The number of amides is 1. The summed E-state index contributed by atoms with van der Waals surface area (Å²) < 4.78 is 5.84. The van der Waals surface area contributed by atoms with Gasteiger partial charge in [0.15, 0.2) is 0 Å². The molecule has 1 aliphatic rings. The topological polar surface area (TPSA) is 88.2 Å². The fourth-order valence-corrected chi connectivity index (χ4v) is 2.61. The van der Waals surface area contributed by atoms with Gasteiger partial charge < -0.3 is 14.6 Å². The number of nitrogens with zero attached hydrogens (tertiary/aromatic N) is 3. The third kappa shape index (κ3) is 3.56. The highest BCUT2D eigenvalue weighted by Gasteiger charge is 2.26. The van der Waals surface area contributed by atoms with Gasteiger partial charge in [-0.2, -0.15) is 4.98 Å². The van der Waals surface area contributed by atoms with E-state index in [2.05, 4.69) is 15.0 Å². The van der Waals surface area contributed by atoms with Crippen molar-refractivity contribution in [3.63, 3.8) is 0 Å². The number of ether oxygens (including phenoxy) is 1. The summed E-state index contributed by atoms with van der Waals surface area (Å²) in [7, 11) is 0. The number of aromatic nitrogens is 3. The first kappa shape index (κ1) is 15.2. The molecular formula is C16H18N4O3. The van der Waals surface area contributed by atoms with Gasteiger partial charge in [-0.15, -0.1) is 0 Å². The van der Waals surface area contributed by atoms with E-state index in [1.165, 1.54) is 6.20 Å². The zero-order valence-electron chi connectivity index (χ0n) is 12.9. The van der Waals surface area contributed by atoms with Crippen molar-refractivity contribution in [1.82, 2.24) is 19.9 Å². The Morgan fingerprint density at radius 2 is 2.13 bits per heavy atom. The summed E-state index contributed by atoms with van der Waals surface area (Å²) in [6.07, 6.45) is 4.61. The van der Waals surface area contributed by atoms with Crippen molar-refractivity contribution < 1.29 is 9.53 Å². The van der Waals surface area contributed by atoms with Gasteiger partial charge in [-0.25, -0.2) is 4.98 Å². The van der Waals surface area contributed by atoms with Gasteiger partial charge in [0.2, 0.25) is 5.88 Å². The molecule has 0 bridgehead atoms. The van der Waals surface area contributed by atoms with Crippen molar-refractivity contribution >= 4 is 5.91 Å². The molecule has 7 nitrogen and oxygen atoms in total. The first-order valence-corrected chi connectivity index (χ1v) is 7.57. The first-order valence-electron chi connectivity index (χ1n) is 7.57. The molecule has 2 aromatic rings. The lowest BCUT2D eigenvalue weighted by Crippen LogP contribution is -2.43. The van der Waals surface area contributed by atoms with Gasteiger partial charge >= 0.3 is 0 Å². The molecule has 3 heterocycles. The van der Waals surface area contributed by atoms with Crippen molar-refractivity contribution in [3.05, 3.63) is 52.3 Å². The number of H-pyrrole nitrogens is 1. The summed E-state index contributed by atoms with van der Waals surface area (Å²) >= 11 is 0. The lowest BCUT2D eigenvalue weighted by molar-refractivity contribution is 0.0586. The van der Waals surface area contributed by atoms with Crippen LogP contribution in [0.3, 0.4) is 0 Å². The summed E-state index contributed by atoms with van der Waals surface area (Å²) in [6, 6.07) is 4.93. The maximum atomic E-state index is 12.4. The van der Waals surface area contributed by atoms with Crippen LogP contribution < -0.4 is 10.3 Å². The number of carbonyl (C=O) groups excluding carboxylic acids is 1. The number of likely N-dealkylation sites (tertiary alicyclic amines) is 1. The average molecular weight is 314 g/mol. The van der Waals surface area contributed by atoms with Crippen LogP contribution in [-0.2, 0) is 0 Å². The van der Waals surface area contributed by atoms with Crippen LogP contribution in [0.1, 0.15) is 29.0 Å². The summed E-state index contributed by atoms with van der Waals surface area (Å²) in [5.41, 5.74) is -0.175. The maximum absolute atomic E-state index is 12.4. The molecule has 0 saturated carbocycles. The molecule has 2 aromatic heterocycles. The average Bonchev–Trinajstić information content (AvgIpc) is 2.55. The highest BCUT2D eigenvalue weighted by Crippen LogP contribution is 2.18. The van der Waals surface area contributed by atoms with Crippen molar-refractivity contribution in [2.75, 3.05) is 13.1 Å². The molecule has 120 valence electrons. The molecule has 0 aromatic carbocycles. The van der Waals surface area contributed by atoms with Crippen LogP contribution in [0.15, 0.2) is 35.4 Å². The number of aromatic amines is 1. The minimum atomic E-state index is -0.354. The molecule has 0 unspecified atom stereocenters. The van der Waals surface area contributed by atoms with Crippen LogP contribution in [0.25, 0.3) is 0 Å². The van der Waals surface area contributed by atoms with E-state index in [1.807, 2.05) is 6.92 Å². The zero-order valence-corrected chi connectivity index (χ0v) is 12.9. The molecule has 1 N–H and O–H groups in total. The number of aryl methyl sites for hydroxylation is 1. The Kier molecular flexibility index (Phi) is 4.36. The van der Waals surface area contributed by atoms with E-state index in [4.69, 9.17) is 4.74 Å². The third-order valence-corrected chi connectivity index (χ3v) is 3.82. The van der Waals surface area contributed by atoms with Gasteiger partial charge in [-0.1, -0.05) is 0 Å². The van der Waals surface area contributed by atoms with E-state index in [0.29, 0.717) is 37.6 Å². The van der Waals surface area contributed by atoms with Gasteiger partial charge in [-0.3, -0.25) is 9.59 Å². The van der Waals surface area contributed by atoms with Crippen LogP contribution >= 0.6 is 0 Å². The number of piperidine rings is 1. The molecule has 23 heavy (non-hydrogen) atoms. The molecule has 0 atom stereocenters. The van der Waals surface area contributed by atoms with E-state index >= 15 is 0 Å². The van der Waals surface area contributed by atoms with Gasteiger partial charge in [0.05, 0.1) is 0 Å². The SMILES string of the molecule is Cc1nccc(OC2CCN(C(=O)c3ccc[nH]c3=O)CC2)n1. The smallest absolute Gasteiger partial charge is 0.260 e. The van der Waals surface area contributed by atoms with Crippen molar-refractivity contribution in [1.29, 1.82) is 0 Å². The standard InChI is InChI=1S/C16H18N4O3/c1-11-17-8-4-14(19-11)23-12-5-9-20(10-6-12)16(22)13-3-2-7-18-15(13)21/h2-4,7-8,12H,5-6,9-10H2,1H3,(H,18,21). The van der Waals surface area contributed by atoms with Gasteiger partial charge in [0, 0.05) is 44.4 Å². The molecule has 1 saturated heterocycles. The normalized spacial score (nSPS) is 15.4. The lowest BCUT2D eigenvalue weighted by atomic mass is 10.1. The quantitative estimate of drug-likeness (QED) is 0.918. The number of rotatable bonds is 3. The Morgan fingerprint density at radius 1 is 1.35 bits per heavy atom. The van der Waals surface area contributed by atoms with E-state index in [0.717, 1.165) is 0 Å². The molecule has 0 spiro atoms. The third-order valence-electron chi connectivity index (χ3n) is 3.82. The Morgan fingerprint density at radius 3 is 2.83 bits per heavy atom. The van der Waals surface area contributed by atoms with Crippen LogP contribution in [0.2, 0.25) is 0 Å². The second-order valence-corrected chi connectivity index (χ2v) is 5.46. The Labute approximate surface area is 133 Å². The first-order chi connectivity index (χ1) is 11.1. The molecular weight excluding hydrogens is 296 g/mol. The van der Waals surface area contributed by atoms with E-state index in [-0.39, 0.29) is 23.1 Å². The minimum absolute atomic E-state index is 0.0161. The molecule has 3 rings (SSSR count). The lowest BCUT2D eigenvalue weighted by Gasteiger charge is -2.31. The Hall–Kier alpha value is -2.70. The zero-order chi connectivity index (χ0) is 16.2. The summed E-state index contributed by atoms with van der Waals surface area (Å²) in [5, 5.41) is 0. The van der Waals surface area contributed by atoms with E-state index in [9.17, 15) is 9.59 Å². The van der Waals surface area contributed by atoms with Crippen LogP contribution in [-0.4, -0.2) is 45.0 Å². The molecule has 0 radical (unpaired) electrons. The molecule has 1 amide bonds. The predicted octanol–water partition coefficient (Wildman–Crippen LogP) is 1.16.